The fourth-order valence-corrected chi connectivity index (χ4v) is 4.69. The molecule has 3 rings (SSSR count). The molecule has 2 nitrogen and oxygen atoms in total. The summed E-state index contributed by atoms with van der Waals surface area (Å²) in [5.41, 5.74) is 1.26. The molecule has 3 heteroatoms. The van der Waals surface area contributed by atoms with Crippen molar-refractivity contribution >= 4 is 17.7 Å². The van der Waals surface area contributed by atoms with Crippen LogP contribution in [0.1, 0.15) is 44.2 Å². The van der Waals surface area contributed by atoms with Gasteiger partial charge in [-0.2, -0.15) is 0 Å². The molecule has 0 aliphatic carbocycles. The first-order chi connectivity index (χ1) is 11.8. The van der Waals surface area contributed by atoms with Crippen LogP contribution in [0.25, 0.3) is 0 Å². The molecule has 1 fully saturated rings. The molecule has 1 aliphatic rings. The van der Waals surface area contributed by atoms with Crippen LogP contribution in [0.2, 0.25) is 0 Å². The van der Waals surface area contributed by atoms with Crippen LogP contribution in [-0.4, -0.2) is 22.6 Å². The largest absolute Gasteiger partial charge is 0.335 e. The third kappa shape index (κ3) is 4.02. The Morgan fingerprint density at radius 1 is 1.04 bits per heavy atom. The first-order valence-electron chi connectivity index (χ1n) is 8.85. The van der Waals surface area contributed by atoms with Crippen molar-refractivity contribution in [3.05, 3.63) is 66.2 Å². The van der Waals surface area contributed by atoms with E-state index in [1.807, 2.05) is 17.8 Å². The van der Waals surface area contributed by atoms with Crippen LogP contribution in [0.4, 0.5) is 0 Å². The highest BCUT2D eigenvalue weighted by molar-refractivity contribution is 8.00. The molecule has 1 aliphatic heterocycles. The molecule has 0 unspecified atom stereocenters. The smallest absolute Gasteiger partial charge is 0.223 e. The molecule has 2 aromatic carbocycles. The van der Waals surface area contributed by atoms with Crippen LogP contribution >= 0.6 is 11.8 Å². The zero-order valence-corrected chi connectivity index (χ0v) is 15.0. The SMILES string of the molecule is CCCCN1C(=O)CC[C@@H](Sc2ccccc2)[C@H]1c1ccccc1. The second-order valence-corrected chi connectivity index (χ2v) is 7.62. The van der Waals surface area contributed by atoms with E-state index in [-0.39, 0.29) is 6.04 Å². The molecular formula is C21H25NOS. The van der Waals surface area contributed by atoms with Gasteiger partial charge in [0.15, 0.2) is 0 Å². The van der Waals surface area contributed by atoms with E-state index in [0.29, 0.717) is 17.6 Å². The van der Waals surface area contributed by atoms with Gasteiger partial charge in [-0.05, 0) is 30.5 Å². The Bertz CT molecular complexity index is 643. The zero-order valence-electron chi connectivity index (χ0n) is 14.2. The second kappa shape index (κ2) is 8.39. The van der Waals surface area contributed by atoms with Gasteiger partial charge in [-0.25, -0.2) is 0 Å². The van der Waals surface area contributed by atoms with Crippen molar-refractivity contribution in [3.63, 3.8) is 0 Å². The topological polar surface area (TPSA) is 20.3 Å². The van der Waals surface area contributed by atoms with E-state index < -0.39 is 0 Å². The number of carbonyl (C=O) groups is 1. The second-order valence-electron chi connectivity index (χ2n) is 6.30. The van der Waals surface area contributed by atoms with Crippen molar-refractivity contribution in [2.45, 2.75) is 48.8 Å². The lowest BCUT2D eigenvalue weighted by Gasteiger charge is -2.41. The molecule has 0 N–H and O–H groups in total. The van der Waals surface area contributed by atoms with Gasteiger partial charge in [0.05, 0.1) is 6.04 Å². The van der Waals surface area contributed by atoms with Crippen LogP contribution in [0, 0.1) is 0 Å². The van der Waals surface area contributed by atoms with Gasteiger partial charge in [-0.15, -0.1) is 11.8 Å². The van der Waals surface area contributed by atoms with Crippen LogP contribution in [0.15, 0.2) is 65.6 Å². The molecule has 0 radical (unpaired) electrons. The van der Waals surface area contributed by atoms with Crippen molar-refractivity contribution in [2.75, 3.05) is 6.54 Å². The van der Waals surface area contributed by atoms with E-state index in [1.165, 1.54) is 10.5 Å². The summed E-state index contributed by atoms with van der Waals surface area (Å²) in [5.74, 6) is 0.308. The molecule has 2 atom stereocenters. The van der Waals surface area contributed by atoms with Gasteiger partial charge in [0.25, 0.3) is 0 Å². The van der Waals surface area contributed by atoms with Gasteiger partial charge in [-0.1, -0.05) is 61.9 Å². The molecule has 24 heavy (non-hydrogen) atoms. The number of unbranched alkanes of at least 4 members (excludes halogenated alkanes) is 1. The van der Waals surface area contributed by atoms with Crippen LogP contribution in [-0.2, 0) is 4.79 Å². The van der Waals surface area contributed by atoms with Crippen molar-refractivity contribution < 1.29 is 4.79 Å². The highest BCUT2D eigenvalue weighted by atomic mass is 32.2. The van der Waals surface area contributed by atoms with Crippen LogP contribution in [0.5, 0.6) is 0 Å². The van der Waals surface area contributed by atoms with Gasteiger partial charge in [0.2, 0.25) is 5.91 Å². The van der Waals surface area contributed by atoms with Gasteiger partial charge in [0.1, 0.15) is 0 Å². The maximum Gasteiger partial charge on any atom is 0.223 e. The molecule has 0 spiro atoms. The van der Waals surface area contributed by atoms with E-state index >= 15 is 0 Å². The number of carbonyl (C=O) groups excluding carboxylic acids is 1. The number of nitrogens with zero attached hydrogens (tertiary/aromatic N) is 1. The minimum absolute atomic E-state index is 0.171. The Kier molecular flexibility index (Phi) is 5.97. The van der Waals surface area contributed by atoms with E-state index in [0.717, 1.165) is 25.8 Å². The summed E-state index contributed by atoms with van der Waals surface area (Å²) in [6.07, 6.45) is 3.79. The Labute approximate surface area is 149 Å². The lowest BCUT2D eigenvalue weighted by atomic mass is 9.94. The van der Waals surface area contributed by atoms with E-state index in [4.69, 9.17) is 0 Å². The minimum atomic E-state index is 0.171. The molecule has 0 bridgehead atoms. The minimum Gasteiger partial charge on any atom is -0.335 e. The molecular weight excluding hydrogens is 314 g/mol. The van der Waals surface area contributed by atoms with Crippen molar-refractivity contribution in [2.24, 2.45) is 0 Å². The van der Waals surface area contributed by atoms with Gasteiger partial charge < -0.3 is 4.90 Å². The number of hydrogen-bond donors (Lipinski definition) is 0. The maximum atomic E-state index is 12.6. The zero-order chi connectivity index (χ0) is 16.8. The average molecular weight is 340 g/mol. The van der Waals surface area contributed by atoms with Gasteiger partial charge in [-0.3, -0.25) is 4.79 Å². The van der Waals surface area contributed by atoms with Crippen LogP contribution in [0.3, 0.4) is 0 Å². The predicted octanol–water partition coefficient (Wildman–Crippen LogP) is 5.31. The molecule has 1 saturated heterocycles. The van der Waals surface area contributed by atoms with E-state index in [9.17, 15) is 4.79 Å². The van der Waals surface area contributed by atoms with Gasteiger partial charge in [0, 0.05) is 23.1 Å². The number of thioether (sulfide) groups is 1. The molecule has 0 saturated carbocycles. The monoisotopic (exact) mass is 339 g/mol. The summed E-state index contributed by atoms with van der Waals surface area (Å²) in [4.78, 5) is 16.0. The summed E-state index contributed by atoms with van der Waals surface area (Å²) in [7, 11) is 0. The first-order valence-corrected chi connectivity index (χ1v) is 9.73. The van der Waals surface area contributed by atoms with Crippen molar-refractivity contribution in [3.8, 4) is 0 Å². The number of hydrogen-bond acceptors (Lipinski definition) is 2. The molecule has 1 amide bonds. The Morgan fingerprint density at radius 2 is 1.71 bits per heavy atom. The van der Waals surface area contributed by atoms with Crippen molar-refractivity contribution in [1.82, 2.24) is 4.90 Å². The quantitative estimate of drug-likeness (QED) is 0.711. The summed E-state index contributed by atoms with van der Waals surface area (Å²) in [6.45, 7) is 3.04. The predicted molar refractivity (Wildman–Crippen MR) is 101 cm³/mol. The summed E-state index contributed by atoms with van der Waals surface area (Å²) in [6, 6.07) is 21.3. The summed E-state index contributed by atoms with van der Waals surface area (Å²) < 4.78 is 0. The number of rotatable bonds is 6. The number of amides is 1. The summed E-state index contributed by atoms with van der Waals surface area (Å²) in [5, 5.41) is 0.407. The average Bonchev–Trinajstić information content (AvgIpc) is 2.63. The molecule has 1 heterocycles. The van der Waals surface area contributed by atoms with E-state index in [1.54, 1.807) is 0 Å². The maximum absolute atomic E-state index is 12.6. The first kappa shape index (κ1) is 17.1. The normalized spacial score (nSPS) is 21.0. The van der Waals surface area contributed by atoms with Crippen molar-refractivity contribution in [1.29, 1.82) is 0 Å². The number of benzene rings is 2. The molecule has 2 aromatic rings. The lowest BCUT2D eigenvalue weighted by molar-refractivity contribution is -0.136. The Morgan fingerprint density at radius 3 is 2.38 bits per heavy atom. The third-order valence-corrected chi connectivity index (χ3v) is 5.92. The number of piperidine rings is 1. The Hall–Kier alpha value is -1.74. The highest BCUT2D eigenvalue weighted by Crippen LogP contribution is 2.42. The van der Waals surface area contributed by atoms with Gasteiger partial charge >= 0.3 is 0 Å². The summed E-state index contributed by atoms with van der Waals surface area (Å²) >= 11 is 1.91. The third-order valence-electron chi connectivity index (χ3n) is 4.58. The lowest BCUT2D eigenvalue weighted by Crippen LogP contribution is -2.44. The fraction of sp³-hybridized carbons (Fsp3) is 0.381. The number of likely N-dealkylation sites (tertiary alicyclic amines) is 1. The highest BCUT2D eigenvalue weighted by Gasteiger charge is 2.36. The van der Waals surface area contributed by atoms with Crippen LogP contribution < -0.4 is 0 Å². The standard InChI is InChI=1S/C21H25NOS/c1-2-3-16-22-20(23)15-14-19(24-18-12-8-5-9-13-18)21(22)17-10-6-4-7-11-17/h4-13,19,21H,2-3,14-16H2,1H3/t19-,21-/m1/s1. The molecule has 0 aromatic heterocycles. The Balaban J connectivity index is 1.89. The molecule has 126 valence electrons. The fourth-order valence-electron chi connectivity index (χ4n) is 3.36. The van der Waals surface area contributed by atoms with E-state index in [2.05, 4.69) is 66.4 Å².